The van der Waals surface area contributed by atoms with Crippen LogP contribution >= 0.6 is 0 Å². The van der Waals surface area contributed by atoms with E-state index >= 15 is 0 Å². The standard InChI is InChI=1S/C11H14O3/c1-4-8-7(3)10(12)6(2)5-9(8)11(13)14/h5,12H,4H2,1-3H3,(H,13,14)/p-1. The van der Waals surface area contributed by atoms with Gasteiger partial charge in [-0.2, -0.15) is 0 Å². The van der Waals surface area contributed by atoms with Gasteiger partial charge in [0.2, 0.25) is 0 Å². The molecule has 0 unspecified atom stereocenters. The lowest BCUT2D eigenvalue weighted by molar-refractivity contribution is -0.270. The first kappa shape index (κ1) is 10.6. The number of carboxylic acid groups (broad SMARTS) is 1. The summed E-state index contributed by atoms with van der Waals surface area (Å²) in [6.07, 6.45) is 0.572. The first-order valence-electron chi connectivity index (χ1n) is 4.52. The van der Waals surface area contributed by atoms with Crippen LogP contribution in [0.25, 0.3) is 0 Å². The molecule has 3 nitrogen and oxygen atoms in total. The molecule has 0 heterocycles. The van der Waals surface area contributed by atoms with Crippen molar-refractivity contribution in [3.8, 4) is 5.75 Å². The van der Waals surface area contributed by atoms with Gasteiger partial charge in [0.05, 0.1) is 5.56 Å². The third kappa shape index (κ3) is 1.58. The Labute approximate surface area is 83.0 Å². The average Bonchev–Trinajstić information content (AvgIpc) is 2.13. The fourth-order valence-electron chi connectivity index (χ4n) is 1.65. The van der Waals surface area contributed by atoms with Gasteiger partial charge in [0, 0.05) is 0 Å². The summed E-state index contributed by atoms with van der Waals surface area (Å²) in [4.78, 5) is 10.9. The molecule has 76 valence electrons. The van der Waals surface area contributed by atoms with Gasteiger partial charge in [-0.3, -0.25) is 0 Å². The Hall–Kier alpha value is -1.51. The van der Waals surface area contributed by atoms with Crippen molar-refractivity contribution in [2.24, 2.45) is 0 Å². The van der Waals surface area contributed by atoms with Gasteiger partial charge in [-0.1, -0.05) is 18.1 Å². The average molecular weight is 193 g/mol. The highest BCUT2D eigenvalue weighted by Crippen LogP contribution is 2.26. The molecule has 1 aromatic rings. The Balaban J connectivity index is 3.51. The number of benzene rings is 1. The van der Waals surface area contributed by atoms with Crippen LogP contribution in [-0.2, 0) is 6.42 Å². The molecule has 0 radical (unpaired) electrons. The Morgan fingerprint density at radius 3 is 2.50 bits per heavy atom. The van der Waals surface area contributed by atoms with Crippen molar-refractivity contribution in [1.29, 1.82) is 0 Å². The number of rotatable bonds is 2. The molecule has 0 aliphatic heterocycles. The first-order valence-corrected chi connectivity index (χ1v) is 4.52. The maximum Gasteiger partial charge on any atom is 0.335 e. The van der Waals surface area contributed by atoms with Crippen LogP contribution < -0.4 is 5.11 Å². The lowest BCUT2D eigenvalue weighted by Crippen LogP contribution is -2.08. The summed E-state index contributed by atoms with van der Waals surface area (Å²) in [5.41, 5.74) is 1.96. The van der Waals surface area contributed by atoms with Crippen LogP contribution in [0, 0.1) is 13.8 Å². The second-order valence-electron chi connectivity index (χ2n) is 3.33. The molecule has 0 saturated heterocycles. The summed E-state index contributed by atoms with van der Waals surface area (Å²) >= 11 is 0. The highest BCUT2D eigenvalue weighted by atomic mass is 16.4. The molecule has 0 amide bonds. The Bertz CT molecular complexity index is 381. The van der Waals surface area contributed by atoms with E-state index in [9.17, 15) is 9.90 Å². The predicted molar refractivity (Wildman–Crippen MR) is 51.7 cm³/mol. The van der Waals surface area contributed by atoms with Crippen LogP contribution in [0.5, 0.6) is 5.75 Å². The molecule has 0 spiro atoms. The lowest BCUT2D eigenvalue weighted by atomic mass is 9.96. The van der Waals surface area contributed by atoms with Crippen molar-refractivity contribution in [2.45, 2.75) is 27.2 Å². The topological polar surface area (TPSA) is 60.4 Å². The van der Waals surface area contributed by atoms with Crippen LogP contribution in [0.2, 0.25) is 0 Å². The minimum Gasteiger partial charge on any atom is -0.872 e. The molecule has 0 fully saturated rings. The highest BCUT2D eigenvalue weighted by Gasteiger charge is 2.12. The van der Waals surface area contributed by atoms with Crippen LogP contribution in [0.3, 0.4) is 0 Å². The number of carboxylic acids is 1. The molecule has 1 rings (SSSR count). The van der Waals surface area contributed by atoms with Crippen molar-refractivity contribution in [1.82, 2.24) is 0 Å². The molecule has 0 aliphatic carbocycles. The molecule has 0 aromatic heterocycles. The van der Waals surface area contributed by atoms with Gasteiger partial charge in [-0.05, 0) is 31.9 Å². The van der Waals surface area contributed by atoms with Gasteiger partial charge in [0.15, 0.2) is 0 Å². The second kappa shape index (κ2) is 3.70. The summed E-state index contributed by atoms with van der Waals surface area (Å²) in [7, 11) is 0. The maximum absolute atomic E-state index is 11.5. The van der Waals surface area contributed by atoms with Crippen LogP contribution in [0.15, 0.2) is 6.07 Å². The predicted octanol–water partition coefficient (Wildman–Crippen LogP) is 1.64. The minimum atomic E-state index is -0.965. The molecule has 1 aromatic carbocycles. The van der Waals surface area contributed by atoms with Gasteiger partial charge in [-0.15, -0.1) is 5.75 Å². The fourth-order valence-corrected chi connectivity index (χ4v) is 1.65. The molecule has 0 aliphatic rings. The van der Waals surface area contributed by atoms with E-state index < -0.39 is 5.97 Å². The van der Waals surface area contributed by atoms with Crippen LogP contribution in [0.4, 0.5) is 0 Å². The van der Waals surface area contributed by atoms with Crippen molar-refractivity contribution < 1.29 is 15.0 Å². The van der Waals surface area contributed by atoms with E-state index in [0.29, 0.717) is 23.1 Å². The van der Waals surface area contributed by atoms with E-state index in [-0.39, 0.29) is 11.3 Å². The molecular weight excluding hydrogens is 180 g/mol. The summed E-state index contributed by atoms with van der Waals surface area (Å²) in [5, 5.41) is 20.5. The zero-order valence-corrected chi connectivity index (χ0v) is 8.55. The normalized spacial score (nSPS) is 10.2. The Kier molecular flexibility index (Phi) is 2.79. The quantitative estimate of drug-likeness (QED) is 0.776. The largest absolute Gasteiger partial charge is 0.872 e. The fraction of sp³-hybridized carbons (Fsp3) is 0.364. The second-order valence-corrected chi connectivity index (χ2v) is 3.33. The summed E-state index contributed by atoms with van der Waals surface area (Å²) in [6.45, 7) is 5.17. The van der Waals surface area contributed by atoms with E-state index in [4.69, 9.17) is 5.11 Å². The maximum atomic E-state index is 11.5. The molecule has 14 heavy (non-hydrogen) atoms. The highest BCUT2D eigenvalue weighted by molar-refractivity contribution is 5.90. The minimum absolute atomic E-state index is 0.0492. The Morgan fingerprint density at radius 1 is 1.50 bits per heavy atom. The van der Waals surface area contributed by atoms with Crippen LogP contribution in [-0.4, -0.2) is 11.1 Å². The number of carbonyl (C=O) groups is 1. The molecular formula is C11H13O3-. The summed E-state index contributed by atoms with van der Waals surface area (Å²) in [6, 6.07) is 1.45. The van der Waals surface area contributed by atoms with E-state index in [2.05, 4.69) is 0 Å². The van der Waals surface area contributed by atoms with Crippen molar-refractivity contribution >= 4 is 5.97 Å². The molecule has 0 saturated carbocycles. The summed E-state index contributed by atoms with van der Waals surface area (Å²) in [5.74, 6) is -1.01. The van der Waals surface area contributed by atoms with E-state index in [1.165, 1.54) is 6.07 Å². The number of hydrogen-bond donors (Lipinski definition) is 1. The van der Waals surface area contributed by atoms with Crippen molar-refractivity contribution in [3.63, 3.8) is 0 Å². The molecule has 0 atom stereocenters. The molecule has 3 heteroatoms. The van der Waals surface area contributed by atoms with E-state index in [1.54, 1.807) is 13.8 Å². The third-order valence-electron chi connectivity index (χ3n) is 2.42. The number of aryl methyl sites for hydroxylation is 1. The monoisotopic (exact) mass is 193 g/mol. The summed E-state index contributed by atoms with van der Waals surface area (Å²) < 4.78 is 0. The molecule has 1 N–H and O–H groups in total. The number of aromatic carboxylic acids is 1. The molecule has 0 bridgehead atoms. The van der Waals surface area contributed by atoms with E-state index in [1.807, 2.05) is 6.92 Å². The van der Waals surface area contributed by atoms with Gasteiger partial charge in [0.1, 0.15) is 0 Å². The van der Waals surface area contributed by atoms with Gasteiger partial charge >= 0.3 is 5.97 Å². The van der Waals surface area contributed by atoms with E-state index in [0.717, 1.165) is 0 Å². The number of hydrogen-bond acceptors (Lipinski definition) is 2. The zero-order chi connectivity index (χ0) is 10.9. The zero-order valence-electron chi connectivity index (χ0n) is 8.55. The lowest BCUT2D eigenvalue weighted by Gasteiger charge is -2.19. The van der Waals surface area contributed by atoms with Crippen molar-refractivity contribution in [3.05, 3.63) is 28.3 Å². The SMILES string of the molecule is CCc1c(C(=O)O)cc(C)c([O-])c1C. The third-order valence-corrected chi connectivity index (χ3v) is 2.42. The smallest absolute Gasteiger partial charge is 0.335 e. The van der Waals surface area contributed by atoms with Crippen molar-refractivity contribution in [2.75, 3.05) is 0 Å². The van der Waals surface area contributed by atoms with Crippen LogP contribution in [0.1, 0.15) is 34.0 Å². The van der Waals surface area contributed by atoms with Gasteiger partial charge < -0.3 is 10.2 Å². The first-order chi connectivity index (χ1) is 6.49. The van der Waals surface area contributed by atoms with Gasteiger partial charge in [-0.25, -0.2) is 4.79 Å². The van der Waals surface area contributed by atoms with Gasteiger partial charge in [0.25, 0.3) is 0 Å². The Morgan fingerprint density at radius 2 is 2.07 bits per heavy atom.